The van der Waals surface area contributed by atoms with Crippen LogP contribution in [0, 0.1) is 6.92 Å². The molecule has 0 saturated heterocycles. The molecule has 3 N–H and O–H groups in total. The van der Waals surface area contributed by atoms with Crippen LogP contribution < -0.4 is 11.3 Å². The van der Waals surface area contributed by atoms with Crippen LogP contribution >= 0.6 is 11.3 Å². The molecule has 0 unspecified atom stereocenters. The molecule has 0 aliphatic heterocycles. The van der Waals surface area contributed by atoms with Gasteiger partial charge in [-0.2, -0.15) is 0 Å². The van der Waals surface area contributed by atoms with Crippen LogP contribution in [0.1, 0.15) is 17.1 Å². The average molecular weight is 211 g/mol. The Morgan fingerprint density at radius 2 is 2.57 bits per heavy atom. The molecule has 0 aliphatic rings. The van der Waals surface area contributed by atoms with Crippen LogP contribution in [-0.4, -0.2) is 11.3 Å². The van der Waals surface area contributed by atoms with Gasteiger partial charge in [0, 0.05) is 11.1 Å². The third kappa shape index (κ3) is 3.27. The van der Waals surface area contributed by atoms with Gasteiger partial charge in [-0.05, 0) is 25.8 Å². The van der Waals surface area contributed by atoms with Crippen molar-refractivity contribution < 1.29 is 4.79 Å². The number of hydrogen-bond donors (Lipinski definition) is 2. The summed E-state index contributed by atoms with van der Waals surface area (Å²) < 4.78 is 0. The van der Waals surface area contributed by atoms with Crippen LogP contribution in [0.2, 0.25) is 0 Å². The number of thiazole rings is 1. The maximum Gasteiger partial charge on any atom is 0.144 e. The molecule has 76 valence electrons. The van der Waals surface area contributed by atoms with Crippen LogP contribution in [0.15, 0.2) is 17.2 Å². The summed E-state index contributed by atoms with van der Waals surface area (Å²) in [6, 6.07) is 0. The smallest absolute Gasteiger partial charge is 0.144 e. The van der Waals surface area contributed by atoms with Gasteiger partial charge in [-0.25, -0.2) is 4.98 Å². The molecule has 1 aromatic heterocycles. The minimum atomic E-state index is 0.707. The summed E-state index contributed by atoms with van der Waals surface area (Å²) in [5.41, 5.74) is 4.25. The average Bonchev–Trinajstić information content (AvgIpc) is 2.59. The van der Waals surface area contributed by atoms with Crippen molar-refractivity contribution in [2.24, 2.45) is 5.84 Å². The third-order valence-corrected chi connectivity index (χ3v) is 2.59. The van der Waals surface area contributed by atoms with Gasteiger partial charge in [-0.3, -0.25) is 10.6 Å². The fourth-order valence-corrected chi connectivity index (χ4v) is 1.72. The first-order valence-corrected chi connectivity index (χ1v) is 5.16. The second-order valence-electron chi connectivity index (χ2n) is 2.83. The lowest BCUT2D eigenvalue weighted by molar-refractivity contribution is -0.104. The second-order valence-corrected chi connectivity index (χ2v) is 3.89. The minimum absolute atomic E-state index is 0.707. The van der Waals surface area contributed by atoms with Crippen molar-refractivity contribution in [3.63, 3.8) is 0 Å². The van der Waals surface area contributed by atoms with Crippen LogP contribution in [0.4, 0.5) is 0 Å². The Hall–Kier alpha value is -1.20. The van der Waals surface area contributed by atoms with Crippen LogP contribution in [0.5, 0.6) is 0 Å². The largest absolute Gasteiger partial charge is 0.328 e. The zero-order valence-corrected chi connectivity index (χ0v) is 8.80. The molecule has 0 amide bonds. The molecule has 0 aromatic carbocycles. The van der Waals surface area contributed by atoms with Crippen LogP contribution in [0.25, 0.3) is 0 Å². The van der Waals surface area contributed by atoms with Crippen molar-refractivity contribution in [3.05, 3.63) is 27.9 Å². The van der Waals surface area contributed by atoms with Gasteiger partial charge in [0.1, 0.15) is 6.29 Å². The Morgan fingerprint density at radius 3 is 3.07 bits per heavy atom. The molecular formula is C9H13N3OS. The fourth-order valence-electron chi connectivity index (χ4n) is 1.07. The van der Waals surface area contributed by atoms with E-state index in [1.165, 1.54) is 6.08 Å². The molecule has 1 heterocycles. The summed E-state index contributed by atoms with van der Waals surface area (Å²) in [4.78, 5) is 14.5. The first-order valence-electron chi connectivity index (χ1n) is 4.28. The number of hydrogen-bond acceptors (Lipinski definition) is 5. The SMILES string of the molecule is Cc1nc(CC/C(=C/C=O)NN)cs1. The molecule has 4 nitrogen and oxygen atoms in total. The molecule has 1 rings (SSSR count). The zero-order chi connectivity index (χ0) is 10.4. The van der Waals surface area contributed by atoms with Gasteiger partial charge in [-0.15, -0.1) is 11.3 Å². The van der Waals surface area contributed by atoms with Gasteiger partial charge in [0.2, 0.25) is 0 Å². The molecule has 0 atom stereocenters. The second kappa shape index (κ2) is 5.51. The number of aromatic nitrogens is 1. The molecular weight excluding hydrogens is 198 g/mol. The highest BCUT2D eigenvalue weighted by Crippen LogP contribution is 2.11. The maximum absolute atomic E-state index is 10.2. The molecule has 0 saturated carbocycles. The van der Waals surface area contributed by atoms with Gasteiger partial charge in [0.25, 0.3) is 0 Å². The lowest BCUT2D eigenvalue weighted by atomic mass is 10.2. The lowest BCUT2D eigenvalue weighted by Crippen LogP contribution is -2.21. The zero-order valence-electron chi connectivity index (χ0n) is 7.99. The van der Waals surface area contributed by atoms with E-state index in [4.69, 9.17) is 5.84 Å². The quantitative estimate of drug-likeness (QED) is 0.329. The molecule has 14 heavy (non-hydrogen) atoms. The van der Waals surface area contributed by atoms with Gasteiger partial charge in [0.05, 0.1) is 10.7 Å². The lowest BCUT2D eigenvalue weighted by Gasteiger charge is -2.02. The van der Waals surface area contributed by atoms with E-state index in [0.717, 1.165) is 29.1 Å². The summed E-state index contributed by atoms with van der Waals surface area (Å²) in [5.74, 6) is 5.23. The highest BCUT2D eigenvalue weighted by Gasteiger charge is 2.00. The number of nitrogens with two attached hydrogens (primary N) is 1. The number of aryl methyl sites for hydroxylation is 2. The summed E-state index contributed by atoms with van der Waals surface area (Å²) in [6.45, 7) is 1.97. The van der Waals surface area contributed by atoms with Gasteiger partial charge in [0.15, 0.2) is 0 Å². The number of hydrazine groups is 1. The van der Waals surface area contributed by atoms with Crippen molar-refractivity contribution >= 4 is 17.6 Å². The van der Waals surface area contributed by atoms with E-state index in [1.54, 1.807) is 11.3 Å². The summed E-state index contributed by atoms with van der Waals surface area (Å²) in [5, 5.41) is 3.08. The van der Waals surface area contributed by atoms with Gasteiger partial charge >= 0.3 is 0 Å². The highest BCUT2D eigenvalue weighted by molar-refractivity contribution is 7.09. The number of nitrogens with zero attached hydrogens (tertiary/aromatic N) is 1. The van der Waals surface area contributed by atoms with E-state index >= 15 is 0 Å². The molecule has 0 bridgehead atoms. The van der Waals surface area contributed by atoms with Crippen molar-refractivity contribution in [1.29, 1.82) is 0 Å². The summed E-state index contributed by atoms with van der Waals surface area (Å²) >= 11 is 1.63. The third-order valence-electron chi connectivity index (χ3n) is 1.77. The number of carbonyl (C=O) groups is 1. The number of carbonyl (C=O) groups excluding carboxylic acids is 1. The van der Waals surface area contributed by atoms with Crippen molar-refractivity contribution in [2.45, 2.75) is 19.8 Å². The van der Waals surface area contributed by atoms with Crippen LogP contribution in [0.3, 0.4) is 0 Å². The number of aldehydes is 1. The monoisotopic (exact) mass is 211 g/mol. The number of allylic oxidation sites excluding steroid dienone is 2. The van der Waals surface area contributed by atoms with E-state index < -0.39 is 0 Å². The van der Waals surface area contributed by atoms with E-state index in [2.05, 4.69) is 10.4 Å². The Morgan fingerprint density at radius 1 is 1.79 bits per heavy atom. The standard InChI is InChI=1S/C9H13N3OS/c1-7-11-9(6-14-7)3-2-8(12-10)4-5-13/h4-6,12H,2-3,10H2,1H3/b8-4-. The van der Waals surface area contributed by atoms with E-state index in [0.29, 0.717) is 6.42 Å². The normalized spacial score (nSPS) is 11.4. The van der Waals surface area contributed by atoms with Gasteiger partial charge in [-0.1, -0.05) is 0 Å². The number of nitrogens with one attached hydrogen (secondary N) is 1. The summed E-state index contributed by atoms with van der Waals surface area (Å²) in [6.07, 6.45) is 3.66. The molecule has 1 aromatic rings. The molecule has 0 spiro atoms. The first-order chi connectivity index (χ1) is 6.76. The molecule has 0 fully saturated rings. The Kier molecular flexibility index (Phi) is 4.28. The molecule has 0 radical (unpaired) electrons. The van der Waals surface area contributed by atoms with E-state index in [9.17, 15) is 4.79 Å². The fraction of sp³-hybridized carbons (Fsp3) is 0.333. The van der Waals surface area contributed by atoms with Crippen molar-refractivity contribution in [3.8, 4) is 0 Å². The topological polar surface area (TPSA) is 68.0 Å². The summed E-state index contributed by atoms with van der Waals surface area (Å²) in [7, 11) is 0. The predicted octanol–water partition coefficient (Wildman–Crippen LogP) is 0.930. The van der Waals surface area contributed by atoms with Crippen molar-refractivity contribution in [2.75, 3.05) is 0 Å². The van der Waals surface area contributed by atoms with Crippen LogP contribution in [-0.2, 0) is 11.2 Å². The van der Waals surface area contributed by atoms with Crippen molar-refractivity contribution in [1.82, 2.24) is 10.4 Å². The predicted molar refractivity (Wildman–Crippen MR) is 56.6 cm³/mol. The molecule has 5 heteroatoms. The minimum Gasteiger partial charge on any atom is -0.328 e. The van der Waals surface area contributed by atoms with E-state index in [1.807, 2.05) is 12.3 Å². The van der Waals surface area contributed by atoms with E-state index in [-0.39, 0.29) is 0 Å². The van der Waals surface area contributed by atoms with Gasteiger partial charge < -0.3 is 5.43 Å². The Balaban J connectivity index is 2.47. The number of rotatable bonds is 5. The molecule has 0 aliphatic carbocycles. The first kappa shape index (κ1) is 10.9. The Bertz CT molecular complexity index is 333. The highest BCUT2D eigenvalue weighted by atomic mass is 32.1. The maximum atomic E-state index is 10.2. The Labute approximate surface area is 86.8 Å².